The molecule has 1 unspecified atom stereocenters. The molecule has 0 radical (unpaired) electrons. The van der Waals surface area contributed by atoms with Gasteiger partial charge in [0.1, 0.15) is 0 Å². The van der Waals surface area contributed by atoms with Gasteiger partial charge >= 0.3 is 0 Å². The van der Waals surface area contributed by atoms with Crippen molar-refractivity contribution in [2.75, 3.05) is 0 Å². The summed E-state index contributed by atoms with van der Waals surface area (Å²) in [6.07, 6.45) is 3.65. The van der Waals surface area contributed by atoms with Gasteiger partial charge in [-0.3, -0.25) is 5.84 Å². The average molecular weight is 273 g/mol. The Morgan fingerprint density at radius 1 is 0.947 bits per heavy atom. The van der Waals surface area contributed by atoms with Gasteiger partial charge in [-0.25, -0.2) is 5.43 Å². The highest BCUT2D eigenvalue weighted by Gasteiger charge is 2.16. The molecule has 98 valence electrons. The predicted octanol–water partition coefficient (Wildman–Crippen LogP) is 3.38. The van der Waals surface area contributed by atoms with Crippen LogP contribution in [0.4, 0.5) is 0 Å². The van der Waals surface area contributed by atoms with E-state index in [0.29, 0.717) is 0 Å². The summed E-state index contributed by atoms with van der Waals surface area (Å²) in [6.45, 7) is 0. The van der Waals surface area contributed by atoms with Gasteiger partial charge in [0, 0.05) is 5.02 Å². The maximum absolute atomic E-state index is 5.93. The van der Waals surface area contributed by atoms with Gasteiger partial charge in [0.15, 0.2) is 0 Å². The van der Waals surface area contributed by atoms with Gasteiger partial charge in [-0.05, 0) is 53.6 Å². The minimum Gasteiger partial charge on any atom is -0.271 e. The summed E-state index contributed by atoms with van der Waals surface area (Å²) in [5, 5.41) is 0.744. The first-order valence-electron chi connectivity index (χ1n) is 6.61. The first-order valence-corrected chi connectivity index (χ1v) is 6.99. The quantitative estimate of drug-likeness (QED) is 0.664. The fraction of sp³-hybridized carbons (Fsp3) is 0.250. The Bertz CT molecular complexity index is 578. The highest BCUT2D eigenvalue weighted by atomic mass is 35.5. The Morgan fingerprint density at radius 2 is 1.63 bits per heavy atom. The molecule has 0 aromatic heterocycles. The zero-order chi connectivity index (χ0) is 13.2. The summed E-state index contributed by atoms with van der Waals surface area (Å²) in [6, 6.07) is 14.5. The molecule has 0 amide bonds. The van der Waals surface area contributed by atoms with Crippen molar-refractivity contribution in [3.63, 3.8) is 0 Å². The zero-order valence-corrected chi connectivity index (χ0v) is 11.5. The second kappa shape index (κ2) is 5.33. The first kappa shape index (κ1) is 12.7. The maximum Gasteiger partial charge on any atom is 0.0710 e. The van der Waals surface area contributed by atoms with Crippen LogP contribution in [0.15, 0.2) is 42.5 Å². The van der Waals surface area contributed by atoms with Crippen molar-refractivity contribution in [1.82, 2.24) is 5.43 Å². The Balaban J connectivity index is 1.96. The van der Waals surface area contributed by atoms with Crippen molar-refractivity contribution in [2.24, 2.45) is 5.84 Å². The number of nitrogens with one attached hydrogen (secondary N) is 1. The Kier molecular flexibility index (Phi) is 3.56. The molecule has 3 heteroatoms. The molecule has 3 N–H and O–H groups in total. The zero-order valence-electron chi connectivity index (χ0n) is 10.7. The lowest BCUT2D eigenvalue weighted by molar-refractivity contribution is 0.636. The van der Waals surface area contributed by atoms with Gasteiger partial charge in [0.25, 0.3) is 0 Å². The SMILES string of the molecule is NNC(c1ccc(Cl)cc1)c1ccc2c(c1)CCC2. The number of halogens is 1. The van der Waals surface area contributed by atoms with E-state index in [1.807, 2.05) is 24.3 Å². The summed E-state index contributed by atoms with van der Waals surface area (Å²) < 4.78 is 0. The third-order valence-electron chi connectivity index (χ3n) is 3.83. The van der Waals surface area contributed by atoms with Gasteiger partial charge in [0.05, 0.1) is 6.04 Å². The topological polar surface area (TPSA) is 38.0 Å². The molecule has 1 aliphatic rings. The van der Waals surface area contributed by atoms with Crippen LogP contribution < -0.4 is 11.3 Å². The standard InChI is InChI=1S/C16H17ClN2/c17-15-8-6-12(7-9-15)16(19-18)14-5-4-11-2-1-3-13(11)10-14/h4-10,16,19H,1-3,18H2. The van der Waals surface area contributed by atoms with Crippen molar-refractivity contribution in [3.05, 3.63) is 69.7 Å². The lowest BCUT2D eigenvalue weighted by atomic mass is 9.96. The average Bonchev–Trinajstić information content (AvgIpc) is 2.89. The number of hydrogen-bond donors (Lipinski definition) is 2. The Hall–Kier alpha value is -1.35. The van der Waals surface area contributed by atoms with Crippen LogP contribution in [0.2, 0.25) is 5.02 Å². The predicted molar refractivity (Wildman–Crippen MR) is 79.1 cm³/mol. The molecule has 0 spiro atoms. The number of aryl methyl sites for hydroxylation is 2. The smallest absolute Gasteiger partial charge is 0.0710 e. The van der Waals surface area contributed by atoms with Crippen LogP contribution >= 0.6 is 11.6 Å². The van der Waals surface area contributed by atoms with Crippen molar-refractivity contribution in [1.29, 1.82) is 0 Å². The third-order valence-corrected chi connectivity index (χ3v) is 4.08. The van der Waals surface area contributed by atoms with Crippen molar-refractivity contribution in [3.8, 4) is 0 Å². The highest BCUT2D eigenvalue weighted by Crippen LogP contribution is 2.28. The largest absolute Gasteiger partial charge is 0.271 e. The van der Waals surface area contributed by atoms with E-state index in [1.54, 1.807) is 0 Å². The summed E-state index contributed by atoms with van der Waals surface area (Å²) in [5.41, 5.74) is 8.19. The fourth-order valence-corrected chi connectivity index (χ4v) is 2.94. The maximum atomic E-state index is 5.93. The second-order valence-corrected chi connectivity index (χ2v) is 5.47. The number of fused-ring (bicyclic) bond motifs is 1. The minimum atomic E-state index is 0.0168. The lowest BCUT2D eigenvalue weighted by Crippen LogP contribution is -2.28. The van der Waals surface area contributed by atoms with E-state index < -0.39 is 0 Å². The van der Waals surface area contributed by atoms with E-state index in [2.05, 4.69) is 23.6 Å². The summed E-state index contributed by atoms with van der Waals surface area (Å²) in [5.74, 6) is 5.74. The van der Waals surface area contributed by atoms with Crippen molar-refractivity contribution < 1.29 is 0 Å². The van der Waals surface area contributed by atoms with Gasteiger partial charge < -0.3 is 0 Å². The van der Waals surface area contributed by atoms with Crippen LogP contribution in [-0.4, -0.2) is 0 Å². The number of hydrogen-bond acceptors (Lipinski definition) is 2. The molecule has 0 heterocycles. The molecular weight excluding hydrogens is 256 g/mol. The molecule has 19 heavy (non-hydrogen) atoms. The monoisotopic (exact) mass is 272 g/mol. The van der Waals surface area contributed by atoms with Crippen molar-refractivity contribution >= 4 is 11.6 Å². The molecule has 2 nitrogen and oxygen atoms in total. The molecule has 0 aliphatic heterocycles. The highest BCUT2D eigenvalue weighted by molar-refractivity contribution is 6.30. The molecule has 0 saturated heterocycles. The van der Waals surface area contributed by atoms with Gasteiger partial charge in [0.2, 0.25) is 0 Å². The van der Waals surface area contributed by atoms with Crippen LogP contribution in [-0.2, 0) is 12.8 Å². The van der Waals surface area contributed by atoms with Crippen LogP contribution in [0.3, 0.4) is 0 Å². The molecule has 0 fully saturated rings. The van der Waals surface area contributed by atoms with E-state index in [9.17, 15) is 0 Å². The second-order valence-electron chi connectivity index (χ2n) is 5.03. The Labute approximate surface area is 118 Å². The van der Waals surface area contributed by atoms with Crippen LogP contribution in [0.25, 0.3) is 0 Å². The number of rotatable bonds is 3. The van der Waals surface area contributed by atoms with Gasteiger partial charge in [-0.15, -0.1) is 0 Å². The van der Waals surface area contributed by atoms with E-state index in [4.69, 9.17) is 17.4 Å². The Morgan fingerprint density at radius 3 is 2.37 bits per heavy atom. The van der Waals surface area contributed by atoms with Gasteiger partial charge in [-0.1, -0.05) is 41.9 Å². The van der Waals surface area contributed by atoms with Gasteiger partial charge in [-0.2, -0.15) is 0 Å². The molecule has 0 saturated carbocycles. The molecular formula is C16H17ClN2. The summed E-state index contributed by atoms with van der Waals surface area (Å²) in [4.78, 5) is 0. The van der Waals surface area contributed by atoms with Crippen LogP contribution in [0, 0.1) is 0 Å². The molecule has 1 atom stereocenters. The number of nitrogens with two attached hydrogens (primary N) is 1. The minimum absolute atomic E-state index is 0.0168. The third kappa shape index (κ3) is 2.52. The van der Waals surface area contributed by atoms with Crippen molar-refractivity contribution in [2.45, 2.75) is 25.3 Å². The summed E-state index contributed by atoms with van der Waals surface area (Å²) >= 11 is 5.93. The van der Waals surface area contributed by atoms with Crippen LogP contribution in [0.5, 0.6) is 0 Å². The van der Waals surface area contributed by atoms with E-state index in [1.165, 1.54) is 36.0 Å². The van der Waals surface area contributed by atoms with E-state index >= 15 is 0 Å². The van der Waals surface area contributed by atoms with Crippen LogP contribution in [0.1, 0.15) is 34.7 Å². The molecule has 0 bridgehead atoms. The van der Waals surface area contributed by atoms with E-state index in [-0.39, 0.29) is 6.04 Å². The number of benzene rings is 2. The molecule has 3 rings (SSSR count). The summed E-state index contributed by atoms with van der Waals surface area (Å²) in [7, 11) is 0. The fourth-order valence-electron chi connectivity index (χ4n) is 2.81. The number of hydrazine groups is 1. The molecule has 1 aliphatic carbocycles. The van der Waals surface area contributed by atoms with E-state index in [0.717, 1.165) is 10.6 Å². The lowest BCUT2D eigenvalue weighted by Gasteiger charge is -2.18. The molecule has 2 aromatic rings. The molecule has 2 aromatic carbocycles. The normalized spacial score (nSPS) is 15.3. The first-order chi connectivity index (χ1) is 9.28.